The smallest absolute Gasteiger partial charge is 0.170 e. The van der Waals surface area contributed by atoms with Crippen molar-refractivity contribution in [3.63, 3.8) is 0 Å². The molecule has 3 heteroatoms. The van der Waals surface area contributed by atoms with Crippen molar-refractivity contribution in [3.8, 4) is 6.07 Å². The summed E-state index contributed by atoms with van der Waals surface area (Å²) in [5, 5.41) is 8.76. The Hall–Kier alpha value is -0.880. The third kappa shape index (κ3) is 12.2. The van der Waals surface area contributed by atoms with Gasteiger partial charge in [-0.05, 0) is 6.42 Å². The lowest BCUT2D eigenvalue weighted by molar-refractivity contribution is -0.697. The predicted molar refractivity (Wildman–Crippen MR) is 92.4 cm³/mol. The highest BCUT2D eigenvalue weighted by atomic mass is 79.9. The van der Waals surface area contributed by atoms with Crippen molar-refractivity contribution in [2.24, 2.45) is 0 Å². The Balaban J connectivity index is 0.00000484. The second kappa shape index (κ2) is 16.0. The van der Waals surface area contributed by atoms with Gasteiger partial charge >= 0.3 is 0 Å². The number of unbranched alkanes of at least 4 members (excludes halogenated alkanes) is 11. The van der Waals surface area contributed by atoms with Crippen molar-refractivity contribution >= 4 is 0 Å². The maximum Gasteiger partial charge on any atom is 0.170 e. The highest BCUT2D eigenvalue weighted by molar-refractivity contribution is 5.23. The SMILES string of the molecule is CCCCCCCCCCCCCC[n+]1ccc(C#N)cc1.[Br-]. The zero-order valence-corrected chi connectivity index (χ0v) is 16.4. The van der Waals surface area contributed by atoms with E-state index in [0.717, 1.165) is 12.1 Å². The molecule has 1 rings (SSSR count). The summed E-state index contributed by atoms with van der Waals surface area (Å²) < 4.78 is 2.18. The van der Waals surface area contributed by atoms with E-state index in [2.05, 4.69) is 17.6 Å². The first-order chi connectivity index (χ1) is 10.9. The van der Waals surface area contributed by atoms with Crippen LogP contribution in [0.3, 0.4) is 0 Å². The van der Waals surface area contributed by atoms with E-state index in [0.29, 0.717) is 0 Å². The Bertz CT molecular complexity index is 409. The minimum Gasteiger partial charge on any atom is -1.00 e. The molecule has 0 aliphatic carbocycles. The van der Waals surface area contributed by atoms with Crippen LogP contribution in [0.2, 0.25) is 0 Å². The van der Waals surface area contributed by atoms with E-state index in [9.17, 15) is 0 Å². The summed E-state index contributed by atoms with van der Waals surface area (Å²) in [6.07, 6.45) is 20.7. The third-order valence-electron chi connectivity index (χ3n) is 4.29. The highest BCUT2D eigenvalue weighted by Gasteiger charge is 2.00. The van der Waals surface area contributed by atoms with Crippen LogP contribution in [0.15, 0.2) is 24.5 Å². The second-order valence-corrected chi connectivity index (χ2v) is 6.33. The summed E-state index contributed by atoms with van der Waals surface area (Å²) in [7, 11) is 0. The molecular weight excluding hydrogens is 348 g/mol. The van der Waals surface area contributed by atoms with E-state index in [1.54, 1.807) is 0 Å². The summed E-state index contributed by atoms with van der Waals surface area (Å²) >= 11 is 0. The number of nitriles is 1. The molecule has 0 bridgehead atoms. The van der Waals surface area contributed by atoms with Gasteiger partial charge in [-0.15, -0.1) is 0 Å². The Labute approximate surface area is 153 Å². The standard InChI is InChI=1S/C20H33N2.BrH/c1-2-3-4-5-6-7-8-9-10-11-12-13-16-22-17-14-20(19-21)15-18-22;/h14-15,17-18H,2-13,16H2,1H3;1H/q+1;/p-1. The van der Waals surface area contributed by atoms with Gasteiger partial charge in [-0.1, -0.05) is 71.1 Å². The van der Waals surface area contributed by atoms with Crippen LogP contribution in [-0.2, 0) is 6.54 Å². The fourth-order valence-corrected chi connectivity index (χ4v) is 2.82. The van der Waals surface area contributed by atoms with Crippen LogP contribution in [0.5, 0.6) is 0 Å². The Morgan fingerprint density at radius 3 is 1.65 bits per heavy atom. The first-order valence-electron chi connectivity index (χ1n) is 9.26. The summed E-state index contributed by atoms with van der Waals surface area (Å²) in [6, 6.07) is 5.93. The van der Waals surface area contributed by atoms with Crippen LogP contribution in [-0.4, -0.2) is 0 Å². The number of hydrogen-bond donors (Lipinski definition) is 0. The van der Waals surface area contributed by atoms with Crippen LogP contribution in [0.1, 0.15) is 89.5 Å². The first-order valence-corrected chi connectivity index (χ1v) is 9.26. The fourth-order valence-electron chi connectivity index (χ4n) is 2.82. The number of halogens is 1. The Morgan fingerprint density at radius 2 is 1.22 bits per heavy atom. The van der Waals surface area contributed by atoms with Crippen molar-refractivity contribution < 1.29 is 21.5 Å². The fraction of sp³-hybridized carbons (Fsp3) is 0.700. The quantitative estimate of drug-likeness (QED) is 0.381. The topological polar surface area (TPSA) is 27.7 Å². The zero-order chi connectivity index (χ0) is 15.9. The van der Waals surface area contributed by atoms with Gasteiger partial charge in [0.25, 0.3) is 0 Å². The Morgan fingerprint density at radius 1 is 0.783 bits per heavy atom. The first kappa shape index (κ1) is 22.1. The van der Waals surface area contributed by atoms with Gasteiger partial charge < -0.3 is 17.0 Å². The van der Waals surface area contributed by atoms with E-state index >= 15 is 0 Å². The molecule has 0 atom stereocenters. The molecule has 0 aliphatic rings. The maximum absolute atomic E-state index is 8.76. The number of hydrogen-bond acceptors (Lipinski definition) is 1. The average molecular weight is 381 g/mol. The van der Waals surface area contributed by atoms with E-state index < -0.39 is 0 Å². The van der Waals surface area contributed by atoms with Gasteiger partial charge in [0, 0.05) is 18.6 Å². The molecule has 0 fully saturated rings. The molecule has 1 aromatic heterocycles. The molecule has 0 spiro atoms. The summed E-state index contributed by atoms with van der Waals surface area (Å²) in [5.74, 6) is 0. The van der Waals surface area contributed by atoms with Crippen LogP contribution in [0.25, 0.3) is 0 Å². The number of pyridine rings is 1. The lowest BCUT2D eigenvalue weighted by atomic mass is 10.1. The van der Waals surface area contributed by atoms with Crippen LogP contribution < -0.4 is 21.5 Å². The van der Waals surface area contributed by atoms with E-state index in [4.69, 9.17) is 5.26 Å². The molecule has 0 aromatic carbocycles. The predicted octanol–water partition coefficient (Wildman–Crippen LogP) is 2.55. The van der Waals surface area contributed by atoms with Crippen LogP contribution in [0.4, 0.5) is 0 Å². The summed E-state index contributed by atoms with van der Waals surface area (Å²) in [6.45, 7) is 3.35. The molecule has 0 radical (unpaired) electrons. The largest absolute Gasteiger partial charge is 1.00 e. The monoisotopic (exact) mass is 380 g/mol. The molecule has 130 valence electrons. The minimum atomic E-state index is 0. The van der Waals surface area contributed by atoms with Gasteiger partial charge in [0.15, 0.2) is 12.4 Å². The van der Waals surface area contributed by atoms with Crippen molar-refractivity contribution in [2.45, 2.75) is 90.5 Å². The Kier molecular flexibility index (Phi) is 15.4. The molecule has 23 heavy (non-hydrogen) atoms. The lowest BCUT2D eigenvalue weighted by Crippen LogP contribution is -3.00. The minimum absolute atomic E-state index is 0. The zero-order valence-electron chi connectivity index (χ0n) is 14.8. The van der Waals surface area contributed by atoms with Crippen LogP contribution >= 0.6 is 0 Å². The summed E-state index contributed by atoms with van der Waals surface area (Å²) in [5.41, 5.74) is 0.742. The van der Waals surface area contributed by atoms with E-state index in [-0.39, 0.29) is 17.0 Å². The van der Waals surface area contributed by atoms with Crippen molar-refractivity contribution in [1.82, 2.24) is 0 Å². The molecule has 0 aliphatic heterocycles. The van der Waals surface area contributed by atoms with Gasteiger partial charge in [-0.3, -0.25) is 0 Å². The average Bonchev–Trinajstić information content (AvgIpc) is 2.56. The molecule has 0 amide bonds. The molecule has 0 N–H and O–H groups in total. The molecule has 0 unspecified atom stereocenters. The molecule has 0 saturated carbocycles. The van der Waals surface area contributed by atoms with E-state index in [1.165, 1.54) is 77.0 Å². The third-order valence-corrected chi connectivity index (χ3v) is 4.29. The number of aromatic nitrogens is 1. The van der Waals surface area contributed by atoms with Crippen molar-refractivity contribution in [2.75, 3.05) is 0 Å². The highest BCUT2D eigenvalue weighted by Crippen LogP contribution is 2.11. The van der Waals surface area contributed by atoms with Gasteiger partial charge in [0.05, 0.1) is 11.6 Å². The lowest BCUT2D eigenvalue weighted by Gasteiger charge is -2.02. The molecule has 1 heterocycles. The molecular formula is C20H33BrN2. The summed E-state index contributed by atoms with van der Waals surface area (Å²) in [4.78, 5) is 0. The maximum atomic E-state index is 8.76. The molecule has 1 aromatic rings. The molecule has 2 nitrogen and oxygen atoms in total. The molecule has 0 saturated heterocycles. The number of aryl methyl sites for hydroxylation is 1. The van der Waals surface area contributed by atoms with Gasteiger partial charge in [-0.2, -0.15) is 5.26 Å². The number of rotatable bonds is 13. The van der Waals surface area contributed by atoms with Gasteiger partial charge in [0.2, 0.25) is 0 Å². The van der Waals surface area contributed by atoms with Crippen molar-refractivity contribution in [1.29, 1.82) is 5.26 Å². The van der Waals surface area contributed by atoms with Crippen LogP contribution in [0, 0.1) is 11.3 Å². The van der Waals surface area contributed by atoms with Gasteiger partial charge in [0.1, 0.15) is 6.54 Å². The second-order valence-electron chi connectivity index (χ2n) is 6.33. The van der Waals surface area contributed by atoms with Crippen molar-refractivity contribution in [3.05, 3.63) is 30.1 Å². The van der Waals surface area contributed by atoms with E-state index in [1.807, 2.05) is 24.5 Å². The number of nitrogens with zero attached hydrogens (tertiary/aromatic N) is 2. The van der Waals surface area contributed by atoms with Gasteiger partial charge in [-0.25, -0.2) is 4.57 Å². The normalized spacial score (nSPS) is 10.1.